The Morgan fingerprint density at radius 3 is 2.50 bits per heavy atom. The maximum atomic E-state index is 13.2. The lowest BCUT2D eigenvalue weighted by Crippen LogP contribution is -2.39. The summed E-state index contributed by atoms with van der Waals surface area (Å²) in [6, 6.07) is 8.89. The molecular formula is C23H28N2O5. The minimum Gasteiger partial charge on any atom is -0.479 e. The van der Waals surface area contributed by atoms with E-state index in [0.29, 0.717) is 18.7 Å². The van der Waals surface area contributed by atoms with Gasteiger partial charge in [-0.3, -0.25) is 9.59 Å². The molecule has 30 heavy (non-hydrogen) atoms. The first-order valence-electron chi connectivity index (χ1n) is 10.4. The van der Waals surface area contributed by atoms with Crippen LogP contribution in [0.25, 0.3) is 0 Å². The number of pyridine rings is 1. The molecule has 0 saturated carbocycles. The molecule has 0 spiro atoms. The molecule has 0 saturated heterocycles. The summed E-state index contributed by atoms with van der Waals surface area (Å²) in [7, 11) is 1.57. The summed E-state index contributed by atoms with van der Waals surface area (Å²) >= 11 is 0. The van der Waals surface area contributed by atoms with Crippen molar-refractivity contribution in [1.29, 1.82) is 0 Å². The number of aliphatic carboxylic acids is 1. The van der Waals surface area contributed by atoms with E-state index in [1.807, 2.05) is 0 Å². The van der Waals surface area contributed by atoms with Crippen LogP contribution in [0.1, 0.15) is 58.9 Å². The van der Waals surface area contributed by atoms with Gasteiger partial charge in [-0.25, -0.2) is 4.79 Å². The van der Waals surface area contributed by atoms with Crippen LogP contribution in [0.4, 0.5) is 0 Å². The van der Waals surface area contributed by atoms with Crippen LogP contribution in [0, 0.1) is 0 Å². The lowest BCUT2D eigenvalue weighted by Gasteiger charge is -2.21. The van der Waals surface area contributed by atoms with Crippen molar-refractivity contribution in [2.45, 2.75) is 51.1 Å². The van der Waals surface area contributed by atoms with Gasteiger partial charge in [-0.1, -0.05) is 43.2 Å². The van der Waals surface area contributed by atoms with Gasteiger partial charge in [0, 0.05) is 19.3 Å². The molecule has 0 fully saturated rings. The Morgan fingerprint density at radius 2 is 1.83 bits per heavy atom. The first-order chi connectivity index (χ1) is 14.5. The second kappa shape index (κ2) is 10.2. The van der Waals surface area contributed by atoms with Crippen LogP contribution in [-0.4, -0.2) is 35.3 Å². The third kappa shape index (κ3) is 4.97. The molecule has 3 rings (SSSR count). The van der Waals surface area contributed by atoms with E-state index in [1.165, 1.54) is 0 Å². The number of carboxylic acids is 1. The standard InChI is InChI=1S/C23H28N2O5/c1-30-14-13-25-19-12-8-3-2-5-11-17(19)15-18(22(25)27)21(26)24-20(23(28)29)16-9-6-4-7-10-16/h4,6-7,9-10,15,20H,2-3,5,8,11-14H2,1H3,(H,24,26)(H,28,29). The molecular weight excluding hydrogens is 384 g/mol. The predicted molar refractivity (Wildman–Crippen MR) is 113 cm³/mol. The molecule has 1 heterocycles. The maximum absolute atomic E-state index is 13.2. The molecule has 0 aliphatic heterocycles. The minimum atomic E-state index is -1.23. The summed E-state index contributed by atoms with van der Waals surface area (Å²) in [5.74, 6) is -1.85. The number of carbonyl (C=O) groups excluding carboxylic acids is 1. The van der Waals surface area contributed by atoms with E-state index in [4.69, 9.17) is 4.74 Å². The smallest absolute Gasteiger partial charge is 0.330 e. The summed E-state index contributed by atoms with van der Waals surface area (Å²) in [4.78, 5) is 37.9. The Balaban J connectivity index is 1.99. The molecule has 0 bridgehead atoms. The number of nitrogens with one attached hydrogen (secondary N) is 1. The van der Waals surface area contributed by atoms with Gasteiger partial charge in [-0.05, 0) is 42.9 Å². The number of fused-ring (bicyclic) bond motifs is 1. The number of benzene rings is 1. The average molecular weight is 412 g/mol. The van der Waals surface area contributed by atoms with Crippen LogP contribution >= 0.6 is 0 Å². The number of ether oxygens (including phenoxy) is 1. The number of aryl methyl sites for hydroxylation is 1. The highest BCUT2D eigenvalue weighted by molar-refractivity contribution is 5.96. The molecule has 160 valence electrons. The zero-order chi connectivity index (χ0) is 21.5. The molecule has 2 aromatic rings. The largest absolute Gasteiger partial charge is 0.479 e. The molecule has 0 radical (unpaired) electrons. The van der Waals surface area contributed by atoms with E-state index in [0.717, 1.165) is 49.8 Å². The number of hydrogen-bond acceptors (Lipinski definition) is 4. The Kier molecular flexibility index (Phi) is 7.41. The maximum Gasteiger partial charge on any atom is 0.330 e. The third-order valence-corrected chi connectivity index (χ3v) is 5.52. The number of methoxy groups -OCH3 is 1. The number of aromatic nitrogens is 1. The van der Waals surface area contributed by atoms with Gasteiger partial charge in [0.1, 0.15) is 5.56 Å². The molecule has 1 atom stereocenters. The van der Waals surface area contributed by atoms with Crippen molar-refractivity contribution in [3.05, 3.63) is 69.1 Å². The van der Waals surface area contributed by atoms with Crippen LogP contribution in [0.3, 0.4) is 0 Å². The van der Waals surface area contributed by atoms with Crippen molar-refractivity contribution in [2.24, 2.45) is 0 Å². The van der Waals surface area contributed by atoms with Gasteiger partial charge in [-0.2, -0.15) is 0 Å². The van der Waals surface area contributed by atoms with Crippen molar-refractivity contribution in [3.8, 4) is 0 Å². The quantitative estimate of drug-likeness (QED) is 0.729. The third-order valence-electron chi connectivity index (χ3n) is 5.52. The average Bonchev–Trinajstić information content (AvgIpc) is 2.72. The Hall–Kier alpha value is -2.93. The molecule has 1 aromatic carbocycles. The van der Waals surface area contributed by atoms with E-state index in [-0.39, 0.29) is 5.56 Å². The van der Waals surface area contributed by atoms with Gasteiger partial charge >= 0.3 is 5.97 Å². The van der Waals surface area contributed by atoms with Gasteiger partial charge in [0.25, 0.3) is 11.5 Å². The zero-order valence-corrected chi connectivity index (χ0v) is 17.2. The molecule has 2 N–H and O–H groups in total. The number of rotatable bonds is 7. The van der Waals surface area contributed by atoms with E-state index in [1.54, 1.807) is 48.1 Å². The monoisotopic (exact) mass is 412 g/mol. The second-order valence-electron chi connectivity index (χ2n) is 7.55. The normalized spacial score (nSPS) is 14.8. The lowest BCUT2D eigenvalue weighted by atomic mass is 9.95. The van der Waals surface area contributed by atoms with Crippen LogP contribution < -0.4 is 10.9 Å². The summed E-state index contributed by atoms with van der Waals surface area (Å²) in [5.41, 5.74) is 1.98. The predicted octanol–water partition coefficient (Wildman–Crippen LogP) is 2.71. The first-order valence-corrected chi connectivity index (χ1v) is 10.4. The fourth-order valence-electron chi connectivity index (χ4n) is 3.96. The fraction of sp³-hybridized carbons (Fsp3) is 0.435. The van der Waals surface area contributed by atoms with Crippen LogP contribution in [0.2, 0.25) is 0 Å². The summed E-state index contributed by atoms with van der Waals surface area (Å²) in [5, 5.41) is 12.1. The molecule has 7 heteroatoms. The lowest BCUT2D eigenvalue weighted by molar-refractivity contribution is -0.139. The van der Waals surface area contributed by atoms with Crippen molar-refractivity contribution >= 4 is 11.9 Å². The number of amides is 1. The van der Waals surface area contributed by atoms with Gasteiger partial charge in [0.15, 0.2) is 6.04 Å². The van der Waals surface area contributed by atoms with E-state index >= 15 is 0 Å². The van der Waals surface area contributed by atoms with E-state index in [2.05, 4.69) is 5.32 Å². The number of nitrogens with zero attached hydrogens (tertiary/aromatic N) is 1. The minimum absolute atomic E-state index is 0.0207. The van der Waals surface area contributed by atoms with Crippen molar-refractivity contribution in [2.75, 3.05) is 13.7 Å². The van der Waals surface area contributed by atoms with Gasteiger partial charge in [0.2, 0.25) is 0 Å². The highest BCUT2D eigenvalue weighted by Crippen LogP contribution is 2.21. The van der Waals surface area contributed by atoms with E-state index < -0.39 is 23.5 Å². The van der Waals surface area contributed by atoms with Crippen LogP contribution in [0.5, 0.6) is 0 Å². The Labute approximate surface area is 175 Å². The molecule has 1 aliphatic carbocycles. The Morgan fingerprint density at radius 1 is 1.13 bits per heavy atom. The summed E-state index contributed by atoms with van der Waals surface area (Å²) in [6.07, 6.45) is 5.82. The highest BCUT2D eigenvalue weighted by Gasteiger charge is 2.26. The van der Waals surface area contributed by atoms with Crippen LogP contribution in [-0.2, 0) is 28.9 Å². The molecule has 1 amide bonds. The number of carboxylic acid groups (broad SMARTS) is 1. The Bertz CT molecular complexity index is 952. The second-order valence-corrected chi connectivity index (χ2v) is 7.55. The number of carbonyl (C=O) groups is 2. The number of hydrogen-bond donors (Lipinski definition) is 2. The van der Waals surface area contributed by atoms with Crippen molar-refractivity contribution < 1.29 is 19.4 Å². The van der Waals surface area contributed by atoms with Gasteiger partial charge < -0.3 is 19.7 Å². The van der Waals surface area contributed by atoms with Crippen molar-refractivity contribution in [1.82, 2.24) is 9.88 Å². The summed E-state index contributed by atoms with van der Waals surface area (Å²) in [6.45, 7) is 0.721. The fourth-order valence-corrected chi connectivity index (χ4v) is 3.96. The van der Waals surface area contributed by atoms with E-state index in [9.17, 15) is 19.5 Å². The summed E-state index contributed by atoms with van der Waals surface area (Å²) < 4.78 is 6.80. The van der Waals surface area contributed by atoms with Crippen molar-refractivity contribution in [3.63, 3.8) is 0 Å². The molecule has 1 aromatic heterocycles. The van der Waals surface area contributed by atoms with Crippen LogP contribution in [0.15, 0.2) is 41.2 Å². The molecule has 1 aliphatic rings. The first kappa shape index (κ1) is 21.8. The SMILES string of the molecule is COCCn1c2c(cc(C(=O)NC(C(=O)O)c3ccccc3)c1=O)CCCCCC2. The topological polar surface area (TPSA) is 97.6 Å². The zero-order valence-electron chi connectivity index (χ0n) is 17.2. The highest BCUT2D eigenvalue weighted by atomic mass is 16.5. The molecule has 7 nitrogen and oxygen atoms in total. The van der Waals surface area contributed by atoms with Gasteiger partial charge in [0.05, 0.1) is 6.61 Å². The van der Waals surface area contributed by atoms with Gasteiger partial charge in [-0.15, -0.1) is 0 Å². The molecule has 1 unspecified atom stereocenters.